The molecule has 106 valence electrons. The van der Waals surface area contributed by atoms with Crippen LogP contribution < -0.4 is 5.32 Å². The summed E-state index contributed by atoms with van der Waals surface area (Å²) < 4.78 is 5.38. The number of ether oxygens (including phenoxy) is 1. The van der Waals surface area contributed by atoms with Gasteiger partial charge in [-0.25, -0.2) is 0 Å². The van der Waals surface area contributed by atoms with Gasteiger partial charge in [0.05, 0.1) is 6.61 Å². The Morgan fingerprint density at radius 3 is 2.58 bits per heavy atom. The summed E-state index contributed by atoms with van der Waals surface area (Å²) in [6, 6.07) is 8.78. The van der Waals surface area contributed by atoms with Crippen LogP contribution in [0.3, 0.4) is 0 Å². The van der Waals surface area contributed by atoms with E-state index in [4.69, 9.17) is 4.74 Å². The first-order valence-corrected chi connectivity index (χ1v) is 7.14. The molecule has 0 spiro atoms. The van der Waals surface area contributed by atoms with Gasteiger partial charge in [0, 0.05) is 45.2 Å². The quantitative estimate of drug-likeness (QED) is 0.878. The maximum Gasteiger partial charge on any atom is 0.0553 e. The van der Waals surface area contributed by atoms with Crippen molar-refractivity contribution in [1.82, 2.24) is 10.2 Å². The first-order chi connectivity index (χ1) is 9.13. The van der Waals surface area contributed by atoms with Crippen LogP contribution in [0.2, 0.25) is 0 Å². The lowest BCUT2D eigenvalue weighted by atomic mass is 9.82. The number of hydrogen-bond acceptors (Lipinski definition) is 3. The molecule has 0 saturated carbocycles. The number of piperazine rings is 1. The van der Waals surface area contributed by atoms with Gasteiger partial charge < -0.3 is 10.1 Å². The van der Waals surface area contributed by atoms with Gasteiger partial charge in [-0.05, 0) is 11.1 Å². The van der Waals surface area contributed by atoms with Gasteiger partial charge in [-0.2, -0.15) is 0 Å². The fraction of sp³-hybridized carbons (Fsp3) is 0.625. The minimum absolute atomic E-state index is 0.0688. The molecule has 1 aromatic carbocycles. The molecule has 3 nitrogen and oxygen atoms in total. The highest BCUT2D eigenvalue weighted by Gasteiger charge is 2.24. The lowest BCUT2D eigenvalue weighted by Gasteiger charge is -2.31. The first-order valence-electron chi connectivity index (χ1n) is 7.14. The molecule has 1 fully saturated rings. The molecule has 1 aliphatic heterocycles. The van der Waals surface area contributed by atoms with Crippen molar-refractivity contribution in [1.29, 1.82) is 0 Å². The predicted molar refractivity (Wildman–Crippen MR) is 79.5 cm³/mol. The van der Waals surface area contributed by atoms with Gasteiger partial charge >= 0.3 is 0 Å². The van der Waals surface area contributed by atoms with E-state index < -0.39 is 0 Å². The van der Waals surface area contributed by atoms with E-state index in [0.717, 1.165) is 39.3 Å². The molecule has 0 radical (unpaired) electrons. The topological polar surface area (TPSA) is 24.5 Å². The molecule has 0 aromatic heterocycles. The second kappa shape index (κ2) is 6.51. The average Bonchev–Trinajstić information content (AvgIpc) is 2.40. The Bertz CT molecular complexity index is 397. The van der Waals surface area contributed by atoms with E-state index in [-0.39, 0.29) is 5.41 Å². The largest absolute Gasteiger partial charge is 0.384 e. The molecule has 0 unspecified atom stereocenters. The Kier molecular flexibility index (Phi) is 4.97. The van der Waals surface area contributed by atoms with E-state index in [2.05, 4.69) is 48.3 Å². The van der Waals surface area contributed by atoms with Gasteiger partial charge in [-0.3, -0.25) is 4.90 Å². The van der Waals surface area contributed by atoms with Crippen LogP contribution in [0.4, 0.5) is 0 Å². The minimum Gasteiger partial charge on any atom is -0.384 e. The summed E-state index contributed by atoms with van der Waals surface area (Å²) >= 11 is 0. The van der Waals surface area contributed by atoms with Crippen molar-refractivity contribution >= 4 is 0 Å². The van der Waals surface area contributed by atoms with Crippen LogP contribution in [-0.2, 0) is 16.7 Å². The molecule has 3 heteroatoms. The van der Waals surface area contributed by atoms with E-state index in [1.807, 2.05) is 0 Å². The number of rotatable bonds is 5. The Morgan fingerprint density at radius 2 is 1.89 bits per heavy atom. The summed E-state index contributed by atoms with van der Waals surface area (Å²) in [5.74, 6) is 0. The number of nitrogens with one attached hydrogen (secondary N) is 1. The molecule has 1 heterocycles. The van der Waals surface area contributed by atoms with Gasteiger partial charge in [-0.1, -0.05) is 38.1 Å². The van der Waals surface area contributed by atoms with Crippen LogP contribution in [0.15, 0.2) is 24.3 Å². The molecule has 0 amide bonds. The fourth-order valence-corrected chi connectivity index (χ4v) is 2.87. The maximum atomic E-state index is 5.38. The summed E-state index contributed by atoms with van der Waals surface area (Å²) in [7, 11) is 1.78. The average molecular weight is 262 g/mol. The molecule has 0 bridgehead atoms. The van der Waals surface area contributed by atoms with Crippen molar-refractivity contribution in [2.24, 2.45) is 0 Å². The molecule has 0 atom stereocenters. The van der Waals surface area contributed by atoms with Crippen molar-refractivity contribution in [3.63, 3.8) is 0 Å². The fourth-order valence-electron chi connectivity index (χ4n) is 2.87. The molecule has 1 aliphatic rings. The van der Waals surface area contributed by atoms with Crippen molar-refractivity contribution in [2.75, 3.05) is 39.9 Å². The highest BCUT2D eigenvalue weighted by atomic mass is 16.5. The standard InChI is InChI=1S/C16H26N2O/c1-16(2,13-19-3)15-7-5-4-6-14(15)12-18-10-8-17-9-11-18/h4-7,17H,8-13H2,1-3H3. The van der Waals surface area contributed by atoms with Crippen LogP contribution in [0, 0.1) is 0 Å². The third-order valence-corrected chi connectivity index (χ3v) is 3.86. The summed E-state index contributed by atoms with van der Waals surface area (Å²) in [5, 5.41) is 3.40. The summed E-state index contributed by atoms with van der Waals surface area (Å²) in [6.07, 6.45) is 0. The van der Waals surface area contributed by atoms with E-state index in [1.54, 1.807) is 7.11 Å². The smallest absolute Gasteiger partial charge is 0.0553 e. The van der Waals surface area contributed by atoms with Gasteiger partial charge in [0.2, 0.25) is 0 Å². The van der Waals surface area contributed by atoms with Crippen molar-refractivity contribution in [3.8, 4) is 0 Å². The number of benzene rings is 1. The van der Waals surface area contributed by atoms with Gasteiger partial charge in [0.15, 0.2) is 0 Å². The summed E-state index contributed by atoms with van der Waals surface area (Å²) in [6.45, 7) is 10.8. The van der Waals surface area contributed by atoms with Crippen molar-refractivity contribution in [3.05, 3.63) is 35.4 Å². The highest BCUT2D eigenvalue weighted by molar-refractivity contribution is 5.33. The van der Waals surface area contributed by atoms with Crippen LogP contribution >= 0.6 is 0 Å². The third kappa shape index (κ3) is 3.78. The first kappa shape index (κ1) is 14.5. The molecule has 0 aliphatic carbocycles. The number of hydrogen-bond donors (Lipinski definition) is 1. The van der Waals surface area contributed by atoms with Gasteiger partial charge in [-0.15, -0.1) is 0 Å². The summed E-state index contributed by atoms with van der Waals surface area (Å²) in [4.78, 5) is 2.53. The van der Waals surface area contributed by atoms with Gasteiger partial charge in [0.1, 0.15) is 0 Å². The molecule has 19 heavy (non-hydrogen) atoms. The Balaban J connectivity index is 2.15. The molecule has 1 N–H and O–H groups in total. The zero-order chi connectivity index (χ0) is 13.7. The van der Waals surface area contributed by atoms with Crippen LogP contribution in [0.25, 0.3) is 0 Å². The normalized spacial score (nSPS) is 17.6. The van der Waals surface area contributed by atoms with Gasteiger partial charge in [0.25, 0.3) is 0 Å². The molecular formula is C16H26N2O. The number of nitrogens with zero attached hydrogens (tertiary/aromatic N) is 1. The lowest BCUT2D eigenvalue weighted by Crippen LogP contribution is -2.43. The molecule has 1 aromatic rings. The maximum absolute atomic E-state index is 5.38. The minimum atomic E-state index is 0.0688. The Morgan fingerprint density at radius 1 is 1.21 bits per heavy atom. The number of methoxy groups -OCH3 is 1. The zero-order valence-electron chi connectivity index (χ0n) is 12.4. The zero-order valence-corrected chi connectivity index (χ0v) is 12.4. The van der Waals surface area contributed by atoms with Crippen molar-refractivity contribution < 1.29 is 4.74 Å². The Hall–Kier alpha value is -0.900. The second-order valence-electron chi connectivity index (χ2n) is 6.00. The predicted octanol–water partition coefficient (Wildman–Crippen LogP) is 2.02. The van der Waals surface area contributed by atoms with E-state index in [1.165, 1.54) is 11.1 Å². The molecule has 1 saturated heterocycles. The monoisotopic (exact) mass is 262 g/mol. The van der Waals surface area contributed by atoms with E-state index in [9.17, 15) is 0 Å². The van der Waals surface area contributed by atoms with E-state index in [0.29, 0.717) is 0 Å². The SMILES string of the molecule is COCC(C)(C)c1ccccc1CN1CCNCC1. The van der Waals surface area contributed by atoms with Crippen LogP contribution in [-0.4, -0.2) is 44.8 Å². The summed E-state index contributed by atoms with van der Waals surface area (Å²) in [5.41, 5.74) is 2.92. The molecular weight excluding hydrogens is 236 g/mol. The third-order valence-electron chi connectivity index (χ3n) is 3.86. The highest BCUT2D eigenvalue weighted by Crippen LogP contribution is 2.27. The Labute approximate surface area is 116 Å². The van der Waals surface area contributed by atoms with Crippen LogP contribution in [0.1, 0.15) is 25.0 Å². The lowest BCUT2D eigenvalue weighted by molar-refractivity contribution is 0.145. The molecule has 2 rings (SSSR count). The van der Waals surface area contributed by atoms with Crippen LogP contribution in [0.5, 0.6) is 0 Å². The van der Waals surface area contributed by atoms with Crippen molar-refractivity contribution in [2.45, 2.75) is 25.8 Å². The second-order valence-corrected chi connectivity index (χ2v) is 6.00. The van der Waals surface area contributed by atoms with E-state index >= 15 is 0 Å².